The number of hydrogen-bond donors (Lipinski definition) is 0. The van der Waals surface area contributed by atoms with Crippen LogP contribution < -0.4 is 0 Å². The molecule has 1 nitrogen and oxygen atoms in total. The lowest BCUT2D eigenvalue weighted by Crippen LogP contribution is -2.09. The molecule has 0 saturated carbocycles. The first-order chi connectivity index (χ1) is 6.90. The SMILES string of the molecule is N#Cc1cc(CBr)c(I)cc1C(F)(F)F. The van der Waals surface area contributed by atoms with Crippen molar-refractivity contribution < 1.29 is 13.2 Å². The van der Waals surface area contributed by atoms with Gasteiger partial charge in [0.2, 0.25) is 0 Å². The number of alkyl halides is 4. The Bertz CT molecular complexity index is 423. The van der Waals surface area contributed by atoms with Crippen molar-refractivity contribution in [3.8, 4) is 6.07 Å². The van der Waals surface area contributed by atoms with Crippen LogP contribution in [0.5, 0.6) is 0 Å². The Morgan fingerprint density at radius 1 is 1.40 bits per heavy atom. The molecule has 80 valence electrons. The summed E-state index contributed by atoms with van der Waals surface area (Å²) in [5.74, 6) is 0. The first-order valence-corrected chi connectivity index (χ1v) is 5.96. The Kier molecular flexibility index (Phi) is 4.00. The molecule has 1 aromatic rings. The molecule has 0 bridgehead atoms. The van der Waals surface area contributed by atoms with Crippen molar-refractivity contribution in [1.82, 2.24) is 0 Å². The summed E-state index contributed by atoms with van der Waals surface area (Å²) < 4.78 is 38.0. The Balaban J connectivity index is 3.43. The van der Waals surface area contributed by atoms with Crippen molar-refractivity contribution in [2.24, 2.45) is 0 Å². The number of nitrogens with zero attached hydrogens (tertiary/aromatic N) is 1. The van der Waals surface area contributed by atoms with Gasteiger partial charge in [0.25, 0.3) is 0 Å². The molecule has 0 spiro atoms. The Morgan fingerprint density at radius 3 is 2.40 bits per heavy atom. The van der Waals surface area contributed by atoms with Crippen LogP contribution in [0.4, 0.5) is 13.2 Å². The van der Waals surface area contributed by atoms with Gasteiger partial charge in [-0.3, -0.25) is 0 Å². The maximum absolute atomic E-state index is 12.5. The lowest BCUT2D eigenvalue weighted by Gasteiger charge is -2.11. The van der Waals surface area contributed by atoms with Crippen LogP contribution in [-0.2, 0) is 11.5 Å². The second-order valence-electron chi connectivity index (χ2n) is 2.73. The summed E-state index contributed by atoms with van der Waals surface area (Å²) in [7, 11) is 0. The van der Waals surface area contributed by atoms with Gasteiger partial charge in [0.15, 0.2) is 0 Å². The van der Waals surface area contributed by atoms with E-state index in [1.54, 1.807) is 6.07 Å². The number of benzene rings is 1. The Labute approximate surface area is 107 Å². The predicted molar refractivity (Wildman–Crippen MR) is 61.5 cm³/mol. The Morgan fingerprint density at radius 2 is 2.00 bits per heavy atom. The van der Waals surface area contributed by atoms with Gasteiger partial charge in [0.05, 0.1) is 17.2 Å². The van der Waals surface area contributed by atoms with Gasteiger partial charge >= 0.3 is 6.18 Å². The highest BCUT2D eigenvalue weighted by Gasteiger charge is 2.34. The summed E-state index contributed by atoms with van der Waals surface area (Å²) in [5.41, 5.74) is -0.531. The minimum atomic E-state index is -4.48. The molecule has 0 aliphatic heterocycles. The summed E-state index contributed by atoms with van der Waals surface area (Å²) in [5, 5.41) is 9.05. The van der Waals surface area contributed by atoms with Gasteiger partial charge in [0, 0.05) is 8.90 Å². The third kappa shape index (κ3) is 2.84. The van der Waals surface area contributed by atoms with Crippen molar-refractivity contribution in [3.63, 3.8) is 0 Å². The molecule has 15 heavy (non-hydrogen) atoms. The van der Waals surface area contributed by atoms with E-state index >= 15 is 0 Å². The second kappa shape index (κ2) is 4.70. The fourth-order valence-electron chi connectivity index (χ4n) is 1.05. The number of rotatable bonds is 1. The largest absolute Gasteiger partial charge is 0.417 e. The molecule has 0 aliphatic carbocycles. The first kappa shape index (κ1) is 12.8. The van der Waals surface area contributed by atoms with Crippen molar-refractivity contribution in [2.45, 2.75) is 11.5 Å². The molecule has 0 fully saturated rings. The van der Waals surface area contributed by atoms with Crippen molar-refractivity contribution in [3.05, 3.63) is 32.4 Å². The highest BCUT2D eigenvalue weighted by atomic mass is 127. The summed E-state index contributed by atoms with van der Waals surface area (Å²) in [6.45, 7) is 0. The number of hydrogen-bond acceptors (Lipinski definition) is 1. The van der Waals surface area contributed by atoms with Crippen LogP contribution in [-0.4, -0.2) is 0 Å². The third-order valence-electron chi connectivity index (χ3n) is 1.76. The zero-order valence-electron chi connectivity index (χ0n) is 7.20. The summed E-state index contributed by atoms with van der Waals surface area (Å²) in [6, 6.07) is 3.82. The zero-order valence-corrected chi connectivity index (χ0v) is 10.9. The van der Waals surface area contributed by atoms with Crippen LogP contribution in [0.1, 0.15) is 16.7 Å². The van der Waals surface area contributed by atoms with E-state index in [-0.39, 0.29) is 5.56 Å². The van der Waals surface area contributed by atoms with Crippen LogP contribution in [0.2, 0.25) is 0 Å². The lowest BCUT2D eigenvalue weighted by molar-refractivity contribution is -0.137. The normalized spacial score (nSPS) is 11.2. The van der Waals surface area contributed by atoms with Gasteiger partial charge in [-0.15, -0.1) is 0 Å². The first-order valence-electron chi connectivity index (χ1n) is 3.76. The second-order valence-corrected chi connectivity index (χ2v) is 4.46. The molecule has 0 aromatic heterocycles. The molecule has 0 amide bonds. The minimum Gasteiger partial charge on any atom is -0.192 e. The number of halogens is 5. The van der Waals surface area contributed by atoms with E-state index in [0.717, 1.165) is 6.07 Å². The van der Waals surface area contributed by atoms with Crippen molar-refractivity contribution in [2.75, 3.05) is 0 Å². The van der Waals surface area contributed by atoms with Crippen LogP contribution >= 0.6 is 38.5 Å². The summed E-state index contributed by atoms with van der Waals surface area (Å²) >= 11 is 4.97. The van der Waals surface area contributed by atoms with E-state index in [1.165, 1.54) is 6.07 Å². The smallest absolute Gasteiger partial charge is 0.192 e. The standard InChI is InChI=1S/C9H4BrF3IN/c10-3-5-1-6(4-15)7(2-8(5)14)9(11,12)13/h1-2H,3H2. The van der Waals surface area contributed by atoms with Crippen LogP contribution in [0.15, 0.2) is 12.1 Å². The van der Waals surface area contributed by atoms with Gasteiger partial charge in [-0.1, -0.05) is 15.9 Å². The third-order valence-corrected chi connectivity index (χ3v) is 3.36. The predicted octanol–water partition coefficient (Wildman–Crippen LogP) is 4.08. The lowest BCUT2D eigenvalue weighted by atomic mass is 10.1. The van der Waals surface area contributed by atoms with Crippen LogP contribution in [0, 0.1) is 14.9 Å². The molecule has 0 saturated heterocycles. The summed E-state index contributed by atoms with van der Waals surface area (Å²) in [6.07, 6.45) is -4.48. The monoisotopic (exact) mass is 389 g/mol. The molecule has 0 unspecified atom stereocenters. The van der Waals surface area contributed by atoms with Crippen molar-refractivity contribution in [1.29, 1.82) is 5.26 Å². The van der Waals surface area contributed by atoms with E-state index in [4.69, 9.17) is 5.26 Å². The van der Waals surface area contributed by atoms with Gasteiger partial charge in [-0.05, 0) is 40.3 Å². The van der Waals surface area contributed by atoms with Crippen molar-refractivity contribution >= 4 is 38.5 Å². The molecular formula is C9H4BrF3IN. The molecular weight excluding hydrogens is 386 g/mol. The highest BCUT2D eigenvalue weighted by molar-refractivity contribution is 14.1. The quantitative estimate of drug-likeness (QED) is 0.524. The van der Waals surface area contributed by atoms with Gasteiger partial charge in [0.1, 0.15) is 0 Å². The van der Waals surface area contributed by atoms with Gasteiger partial charge < -0.3 is 0 Å². The average molecular weight is 390 g/mol. The molecule has 1 aromatic carbocycles. The van der Waals surface area contributed by atoms with Crippen LogP contribution in [0.3, 0.4) is 0 Å². The molecule has 0 heterocycles. The van der Waals surface area contributed by atoms with E-state index < -0.39 is 11.7 Å². The average Bonchev–Trinajstić information content (AvgIpc) is 2.16. The molecule has 6 heteroatoms. The van der Waals surface area contributed by atoms with Gasteiger partial charge in [-0.2, -0.15) is 18.4 Å². The topological polar surface area (TPSA) is 23.8 Å². The van der Waals surface area contributed by atoms with E-state index in [2.05, 4.69) is 15.9 Å². The van der Waals surface area contributed by atoms with Crippen LogP contribution in [0.25, 0.3) is 0 Å². The zero-order chi connectivity index (χ0) is 11.6. The molecule has 0 N–H and O–H groups in total. The van der Waals surface area contributed by atoms with E-state index in [0.29, 0.717) is 14.5 Å². The maximum Gasteiger partial charge on any atom is 0.417 e. The minimum absolute atomic E-state index is 0.336. The Hall–Kier alpha value is -0.290. The maximum atomic E-state index is 12.5. The highest BCUT2D eigenvalue weighted by Crippen LogP contribution is 2.34. The fourth-order valence-corrected chi connectivity index (χ4v) is 2.69. The molecule has 0 aliphatic rings. The van der Waals surface area contributed by atoms with E-state index in [9.17, 15) is 13.2 Å². The molecule has 1 rings (SSSR count). The van der Waals surface area contributed by atoms with Gasteiger partial charge in [-0.25, -0.2) is 0 Å². The fraction of sp³-hybridized carbons (Fsp3) is 0.222. The molecule has 0 atom stereocenters. The molecule has 0 radical (unpaired) electrons. The number of nitriles is 1. The van der Waals surface area contributed by atoms with E-state index in [1.807, 2.05) is 22.6 Å². The summed E-state index contributed by atoms with van der Waals surface area (Å²) in [4.78, 5) is 0.